The van der Waals surface area contributed by atoms with Crippen molar-refractivity contribution in [2.24, 2.45) is 0 Å². The minimum Gasteiger partial charge on any atom is -0.324 e. The summed E-state index contributed by atoms with van der Waals surface area (Å²) in [6.07, 6.45) is -3.36. The molecule has 0 aliphatic carbocycles. The predicted molar refractivity (Wildman–Crippen MR) is 104 cm³/mol. The number of hydrogen-bond acceptors (Lipinski definition) is 6. The molecule has 0 spiro atoms. The van der Waals surface area contributed by atoms with Crippen LogP contribution in [0.5, 0.6) is 0 Å². The van der Waals surface area contributed by atoms with Gasteiger partial charge < -0.3 is 5.32 Å². The van der Waals surface area contributed by atoms with Crippen molar-refractivity contribution in [1.29, 1.82) is 5.26 Å². The van der Waals surface area contributed by atoms with E-state index in [1.807, 2.05) is 36.4 Å². The highest BCUT2D eigenvalue weighted by atomic mass is 19.4. The lowest BCUT2D eigenvalue weighted by Gasteiger charge is -2.26. The van der Waals surface area contributed by atoms with Gasteiger partial charge in [0.25, 0.3) is 0 Å². The Hall–Kier alpha value is -3.64. The van der Waals surface area contributed by atoms with Gasteiger partial charge in [0.15, 0.2) is 5.82 Å². The van der Waals surface area contributed by atoms with Gasteiger partial charge in [-0.2, -0.15) is 23.4 Å². The van der Waals surface area contributed by atoms with Crippen LogP contribution in [-0.4, -0.2) is 16.6 Å². The smallest absolute Gasteiger partial charge is 0.324 e. The number of benzene rings is 2. The third kappa shape index (κ3) is 4.04. The maximum absolute atomic E-state index is 13.7. The fraction of sp³-hybridized carbons (Fsp3) is 0.190. The van der Waals surface area contributed by atoms with Crippen LogP contribution in [0, 0.1) is 11.3 Å². The van der Waals surface area contributed by atoms with Crippen molar-refractivity contribution in [3.63, 3.8) is 0 Å². The zero-order valence-corrected chi connectivity index (χ0v) is 15.6. The summed E-state index contributed by atoms with van der Waals surface area (Å²) >= 11 is 0. The highest BCUT2D eigenvalue weighted by molar-refractivity contribution is 5.58. The van der Waals surface area contributed by atoms with Crippen LogP contribution in [0.4, 0.5) is 30.6 Å². The largest absolute Gasteiger partial charge is 0.421 e. The molecule has 2 aromatic carbocycles. The molecule has 30 heavy (non-hydrogen) atoms. The second-order valence-electron chi connectivity index (χ2n) is 6.62. The molecule has 2 heterocycles. The van der Waals surface area contributed by atoms with E-state index in [0.29, 0.717) is 17.7 Å². The molecule has 9 heteroatoms. The molecule has 1 atom stereocenters. The predicted octanol–water partition coefficient (Wildman–Crippen LogP) is 4.99. The molecule has 0 bridgehead atoms. The van der Waals surface area contributed by atoms with E-state index in [-0.39, 0.29) is 18.4 Å². The Morgan fingerprint density at radius 3 is 2.50 bits per heavy atom. The second kappa shape index (κ2) is 8.00. The molecule has 3 aromatic rings. The summed E-state index contributed by atoms with van der Waals surface area (Å²) in [4.78, 5) is 13.5. The van der Waals surface area contributed by atoms with Gasteiger partial charge in [0.05, 0.1) is 24.3 Å². The van der Waals surface area contributed by atoms with E-state index < -0.39 is 17.8 Å². The van der Waals surface area contributed by atoms with Gasteiger partial charge in [-0.3, -0.25) is 4.84 Å². The van der Waals surface area contributed by atoms with Crippen molar-refractivity contribution in [3.8, 4) is 6.07 Å². The molecular weight excluding hydrogens is 395 g/mol. The molecule has 1 saturated heterocycles. The monoisotopic (exact) mass is 411 g/mol. The van der Waals surface area contributed by atoms with E-state index in [9.17, 15) is 13.2 Å². The fourth-order valence-electron chi connectivity index (χ4n) is 3.21. The van der Waals surface area contributed by atoms with Crippen molar-refractivity contribution in [3.05, 3.63) is 77.5 Å². The van der Waals surface area contributed by atoms with Gasteiger partial charge in [-0.05, 0) is 29.8 Å². The Bertz CT molecular complexity index is 1060. The van der Waals surface area contributed by atoms with E-state index in [1.54, 1.807) is 24.3 Å². The number of alkyl halides is 3. The summed E-state index contributed by atoms with van der Waals surface area (Å²) in [6.45, 7) is 0.277. The van der Waals surface area contributed by atoms with E-state index >= 15 is 0 Å². The first-order chi connectivity index (χ1) is 14.5. The maximum atomic E-state index is 13.7. The van der Waals surface area contributed by atoms with E-state index in [4.69, 9.17) is 10.1 Å². The van der Waals surface area contributed by atoms with Gasteiger partial charge in [-0.25, -0.2) is 10.0 Å². The Kier molecular flexibility index (Phi) is 5.25. The molecule has 4 rings (SSSR count). The van der Waals surface area contributed by atoms with Crippen LogP contribution in [-0.2, 0) is 11.0 Å². The lowest BCUT2D eigenvalue weighted by atomic mass is 10.0. The molecule has 0 unspecified atom stereocenters. The molecule has 0 radical (unpaired) electrons. The molecule has 1 fully saturated rings. The number of nitriles is 1. The fourth-order valence-corrected chi connectivity index (χ4v) is 3.21. The van der Waals surface area contributed by atoms with E-state index in [2.05, 4.69) is 15.3 Å². The van der Waals surface area contributed by atoms with Crippen LogP contribution in [0.25, 0.3) is 0 Å². The van der Waals surface area contributed by atoms with Crippen LogP contribution in [0.15, 0.2) is 60.8 Å². The molecular formula is C21H16F3N5O. The van der Waals surface area contributed by atoms with Crippen LogP contribution < -0.4 is 10.4 Å². The van der Waals surface area contributed by atoms with Crippen molar-refractivity contribution in [2.45, 2.75) is 18.6 Å². The van der Waals surface area contributed by atoms with Crippen molar-refractivity contribution < 1.29 is 18.0 Å². The molecule has 1 aromatic heterocycles. The summed E-state index contributed by atoms with van der Waals surface area (Å²) in [7, 11) is 0. The standard InChI is InChI=1S/C21H16F3N5O/c22-21(23,24)17-13-26-20(27-16-8-6-14(12-25)7-9-16)28-19(17)29-18(10-11-30-29)15-4-2-1-3-5-15/h1-9,13,18H,10-11H2,(H,26,27,28)/t18-/m0/s1. The minimum atomic E-state index is -4.64. The average Bonchev–Trinajstić information content (AvgIpc) is 3.24. The van der Waals surface area contributed by atoms with Crippen LogP contribution in [0.1, 0.15) is 29.2 Å². The van der Waals surface area contributed by atoms with Gasteiger partial charge in [-0.15, -0.1) is 0 Å². The Morgan fingerprint density at radius 1 is 1.10 bits per heavy atom. The molecule has 152 valence electrons. The topological polar surface area (TPSA) is 74.1 Å². The van der Waals surface area contributed by atoms with Crippen molar-refractivity contribution in [2.75, 3.05) is 17.0 Å². The molecule has 0 saturated carbocycles. The first-order valence-electron chi connectivity index (χ1n) is 9.14. The number of nitrogens with one attached hydrogen (secondary N) is 1. The summed E-state index contributed by atoms with van der Waals surface area (Å²) < 4.78 is 41.0. The first-order valence-corrected chi connectivity index (χ1v) is 9.14. The number of hydrogen-bond donors (Lipinski definition) is 1. The Labute approximate surface area is 170 Å². The SMILES string of the molecule is N#Cc1ccc(Nc2ncc(C(F)(F)F)c(N3OCC[C@H]3c3ccccc3)n2)cc1. The third-order valence-corrected chi connectivity index (χ3v) is 4.64. The van der Waals surface area contributed by atoms with Crippen LogP contribution in [0.2, 0.25) is 0 Å². The number of halogens is 3. The molecule has 0 amide bonds. The van der Waals surface area contributed by atoms with Gasteiger partial charge in [-0.1, -0.05) is 30.3 Å². The average molecular weight is 411 g/mol. The number of nitrogens with zero attached hydrogens (tertiary/aromatic N) is 4. The third-order valence-electron chi connectivity index (χ3n) is 4.64. The summed E-state index contributed by atoms with van der Waals surface area (Å²) in [5.41, 5.74) is 0.867. The first kappa shape index (κ1) is 19.7. The number of hydroxylamine groups is 1. The van der Waals surface area contributed by atoms with Crippen molar-refractivity contribution >= 4 is 17.5 Å². The molecule has 1 N–H and O–H groups in total. The van der Waals surface area contributed by atoms with Crippen LogP contribution in [0.3, 0.4) is 0 Å². The number of anilines is 3. The Balaban J connectivity index is 1.71. The highest BCUT2D eigenvalue weighted by Gasteiger charge is 2.40. The van der Waals surface area contributed by atoms with Crippen LogP contribution >= 0.6 is 0 Å². The number of aromatic nitrogens is 2. The summed E-state index contributed by atoms with van der Waals surface area (Å²) in [5.74, 6) is -0.356. The number of rotatable bonds is 4. The quantitative estimate of drug-likeness (QED) is 0.652. The molecule has 1 aliphatic rings. The van der Waals surface area contributed by atoms with Gasteiger partial charge in [0.2, 0.25) is 5.95 Å². The summed E-state index contributed by atoms with van der Waals surface area (Å²) in [5, 5.41) is 13.0. The van der Waals surface area contributed by atoms with Gasteiger partial charge in [0.1, 0.15) is 5.56 Å². The maximum Gasteiger partial charge on any atom is 0.421 e. The lowest BCUT2D eigenvalue weighted by molar-refractivity contribution is -0.138. The van der Waals surface area contributed by atoms with E-state index in [1.165, 1.54) is 5.06 Å². The molecule has 1 aliphatic heterocycles. The minimum absolute atomic E-state index is 0.00924. The van der Waals surface area contributed by atoms with E-state index in [0.717, 1.165) is 11.8 Å². The van der Waals surface area contributed by atoms with Gasteiger partial charge in [0, 0.05) is 18.3 Å². The second-order valence-corrected chi connectivity index (χ2v) is 6.62. The lowest BCUT2D eigenvalue weighted by Crippen LogP contribution is -2.26. The van der Waals surface area contributed by atoms with Crippen molar-refractivity contribution in [1.82, 2.24) is 9.97 Å². The normalized spacial score (nSPS) is 16.3. The van der Waals surface area contributed by atoms with Gasteiger partial charge >= 0.3 is 6.18 Å². The highest BCUT2D eigenvalue weighted by Crippen LogP contribution is 2.41. The summed E-state index contributed by atoms with van der Waals surface area (Å²) in [6, 6.07) is 17.2. The Morgan fingerprint density at radius 2 is 1.83 bits per heavy atom. The zero-order chi connectivity index (χ0) is 21.1. The molecule has 6 nitrogen and oxygen atoms in total. The zero-order valence-electron chi connectivity index (χ0n) is 15.6.